The molecule has 2 aromatic carbocycles. The quantitative estimate of drug-likeness (QED) is 0.577. The first kappa shape index (κ1) is 19.3. The van der Waals surface area contributed by atoms with Crippen LogP contribution in [0.4, 0.5) is 5.69 Å². The zero-order valence-electron chi connectivity index (χ0n) is 15.2. The van der Waals surface area contributed by atoms with Gasteiger partial charge in [-0.25, -0.2) is 0 Å². The molecule has 0 N–H and O–H groups in total. The molecule has 0 radical (unpaired) electrons. The molecule has 2 aromatic rings. The lowest BCUT2D eigenvalue weighted by Gasteiger charge is -2.23. The molecule has 0 aliphatic carbocycles. The zero-order valence-corrected chi connectivity index (χ0v) is 16.0. The van der Waals surface area contributed by atoms with Crippen molar-refractivity contribution < 1.29 is 9.53 Å². The topological polar surface area (TPSA) is 29.5 Å². The number of rotatable bonds is 8. The number of halogens is 1. The van der Waals surface area contributed by atoms with Crippen molar-refractivity contribution in [2.45, 2.75) is 40.0 Å². The molecule has 0 atom stereocenters. The molecule has 25 heavy (non-hydrogen) atoms. The number of benzene rings is 2. The molecule has 0 aliphatic heterocycles. The van der Waals surface area contributed by atoms with Crippen molar-refractivity contribution in [2.75, 3.05) is 18.1 Å². The van der Waals surface area contributed by atoms with Gasteiger partial charge in [0.2, 0.25) is 5.91 Å². The van der Waals surface area contributed by atoms with Gasteiger partial charge in [-0.3, -0.25) is 4.79 Å². The largest absolute Gasteiger partial charge is 0.493 e. The second-order valence-electron chi connectivity index (χ2n) is 6.25. The fourth-order valence-corrected chi connectivity index (χ4v) is 2.96. The molecule has 2 rings (SSSR count). The van der Waals surface area contributed by atoms with Gasteiger partial charge in [-0.15, -0.1) is 0 Å². The van der Waals surface area contributed by atoms with Crippen LogP contribution in [0.3, 0.4) is 0 Å². The van der Waals surface area contributed by atoms with E-state index in [-0.39, 0.29) is 5.91 Å². The molecule has 3 nitrogen and oxygen atoms in total. The van der Waals surface area contributed by atoms with Gasteiger partial charge in [-0.1, -0.05) is 30.7 Å². The summed E-state index contributed by atoms with van der Waals surface area (Å²) in [7, 11) is 0. The van der Waals surface area contributed by atoms with Crippen LogP contribution in [0.1, 0.15) is 37.3 Å². The van der Waals surface area contributed by atoms with Crippen LogP contribution >= 0.6 is 11.6 Å². The maximum absolute atomic E-state index is 12.6. The third-order valence-electron chi connectivity index (χ3n) is 3.99. The van der Waals surface area contributed by atoms with Gasteiger partial charge >= 0.3 is 0 Å². The third-order valence-corrected chi connectivity index (χ3v) is 4.23. The van der Waals surface area contributed by atoms with Crippen LogP contribution in [0, 0.1) is 13.8 Å². The minimum absolute atomic E-state index is 0.142. The number of aryl methyl sites for hydroxylation is 2. The number of carbonyl (C=O) groups is 1. The fraction of sp³-hybridized carbons (Fsp3) is 0.381. The molecule has 0 saturated heterocycles. The Balaban J connectivity index is 1.88. The molecular formula is C21H26ClNO2. The number of carbonyl (C=O) groups excluding carboxylic acids is 1. The Morgan fingerprint density at radius 2 is 1.96 bits per heavy atom. The van der Waals surface area contributed by atoms with E-state index in [4.69, 9.17) is 16.3 Å². The molecule has 0 unspecified atom stereocenters. The highest BCUT2D eigenvalue weighted by atomic mass is 35.5. The van der Waals surface area contributed by atoms with Gasteiger partial charge in [0.05, 0.1) is 6.61 Å². The van der Waals surface area contributed by atoms with Crippen LogP contribution in [0.15, 0.2) is 42.5 Å². The minimum Gasteiger partial charge on any atom is -0.493 e. The van der Waals surface area contributed by atoms with Crippen LogP contribution in [0.2, 0.25) is 5.02 Å². The first-order valence-electron chi connectivity index (χ1n) is 8.77. The molecule has 0 fully saturated rings. The molecule has 1 amide bonds. The van der Waals surface area contributed by atoms with Gasteiger partial charge in [0.1, 0.15) is 5.75 Å². The lowest BCUT2D eigenvalue weighted by Crippen LogP contribution is -2.31. The summed E-state index contributed by atoms with van der Waals surface area (Å²) in [5, 5.41) is 0.702. The highest BCUT2D eigenvalue weighted by Crippen LogP contribution is 2.22. The molecular weight excluding hydrogens is 334 g/mol. The maximum atomic E-state index is 12.6. The van der Waals surface area contributed by atoms with Crippen molar-refractivity contribution >= 4 is 23.2 Å². The molecule has 4 heteroatoms. The van der Waals surface area contributed by atoms with Gasteiger partial charge in [-0.05, 0) is 68.1 Å². The summed E-state index contributed by atoms with van der Waals surface area (Å²) in [6.07, 6.45) is 2.09. The second kappa shape index (κ2) is 9.47. The van der Waals surface area contributed by atoms with E-state index in [0.29, 0.717) is 24.5 Å². The van der Waals surface area contributed by atoms with E-state index >= 15 is 0 Å². The van der Waals surface area contributed by atoms with E-state index in [2.05, 4.69) is 13.0 Å². The summed E-state index contributed by atoms with van der Waals surface area (Å²) in [5.74, 6) is 0.963. The van der Waals surface area contributed by atoms with Gasteiger partial charge in [0, 0.05) is 23.7 Å². The Morgan fingerprint density at radius 1 is 1.16 bits per heavy atom. The first-order valence-corrected chi connectivity index (χ1v) is 9.15. The third kappa shape index (κ3) is 5.79. The Bertz CT molecular complexity index is 715. The van der Waals surface area contributed by atoms with Crippen LogP contribution in [0.5, 0.6) is 5.75 Å². The number of amides is 1. The van der Waals surface area contributed by atoms with E-state index in [1.54, 1.807) is 0 Å². The van der Waals surface area contributed by atoms with E-state index in [1.165, 1.54) is 0 Å². The van der Waals surface area contributed by atoms with Crippen LogP contribution in [0.25, 0.3) is 0 Å². The Kier molecular flexibility index (Phi) is 7.32. The van der Waals surface area contributed by atoms with Gasteiger partial charge in [0.25, 0.3) is 0 Å². The van der Waals surface area contributed by atoms with Crippen LogP contribution < -0.4 is 9.64 Å². The van der Waals surface area contributed by atoms with E-state index in [1.807, 2.05) is 55.1 Å². The molecule has 0 aliphatic rings. The van der Waals surface area contributed by atoms with Crippen LogP contribution in [-0.2, 0) is 4.79 Å². The van der Waals surface area contributed by atoms with Gasteiger partial charge < -0.3 is 9.64 Å². The van der Waals surface area contributed by atoms with Crippen molar-refractivity contribution in [2.24, 2.45) is 0 Å². The van der Waals surface area contributed by atoms with Crippen molar-refractivity contribution in [3.63, 3.8) is 0 Å². The van der Waals surface area contributed by atoms with Crippen molar-refractivity contribution in [1.82, 2.24) is 0 Å². The average molecular weight is 360 g/mol. The van der Waals surface area contributed by atoms with Crippen molar-refractivity contribution in [3.8, 4) is 5.75 Å². The number of ether oxygens (including phenoxy) is 1. The molecule has 0 saturated carbocycles. The highest BCUT2D eigenvalue weighted by molar-refractivity contribution is 6.30. The maximum Gasteiger partial charge on any atom is 0.227 e. The second-order valence-corrected chi connectivity index (χ2v) is 6.68. The standard InChI is InChI=1S/C21H26ClNO2/c1-4-12-23(19-8-5-7-16(2)14-19)21(24)9-6-13-25-20-11-10-18(22)15-17(20)3/h5,7-8,10-11,14-15H,4,6,9,12-13H2,1-3H3. The Hall–Kier alpha value is -2.00. The Labute approximate surface area is 155 Å². The monoisotopic (exact) mass is 359 g/mol. The lowest BCUT2D eigenvalue weighted by molar-refractivity contribution is -0.118. The number of hydrogen-bond acceptors (Lipinski definition) is 2. The van der Waals surface area contributed by atoms with Crippen molar-refractivity contribution in [1.29, 1.82) is 0 Å². The molecule has 0 bridgehead atoms. The summed E-state index contributed by atoms with van der Waals surface area (Å²) in [5.41, 5.74) is 3.14. The normalized spacial score (nSPS) is 10.6. The Morgan fingerprint density at radius 3 is 2.64 bits per heavy atom. The smallest absolute Gasteiger partial charge is 0.227 e. The lowest BCUT2D eigenvalue weighted by atomic mass is 10.2. The number of hydrogen-bond donors (Lipinski definition) is 0. The summed E-state index contributed by atoms with van der Waals surface area (Å²) < 4.78 is 5.78. The number of nitrogens with zero attached hydrogens (tertiary/aromatic N) is 1. The predicted molar refractivity (Wildman–Crippen MR) is 105 cm³/mol. The first-order chi connectivity index (χ1) is 12.0. The van der Waals surface area contributed by atoms with Crippen LogP contribution in [-0.4, -0.2) is 19.1 Å². The number of anilines is 1. The zero-order chi connectivity index (χ0) is 18.2. The molecule has 0 heterocycles. The summed E-state index contributed by atoms with van der Waals surface area (Å²) in [6, 6.07) is 13.6. The fourth-order valence-electron chi connectivity index (χ4n) is 2.73. The van der Waals surface area contributed by atoms with E-state index < -0.39 is 0 Å². The molecule has 0 aromatic heterocycles. The van der Waals surface area contributed by atoms with E-state index in [9.17, 15) is 4.79 Å². The highest BCUT2D eigenvalue weighted by Gasteiger charge is 2.14. The predicted octanol–water partition coefficient (Wildman–Crippen LogP) is 5.56. The minimum atomic E-state index is 0.142. The summed E-state index contributed by atoms with van der Waals surface area (Å²) >= 11 is 5.95. The van der Waals surface area contributed by atoms with E-state index in [0.717, 1.165) is 35.5 Å². The van der Waals surface area contributed by atoms with Gasteiger partial charge in [-0.2, -0.15) is 0 Å². The summed E-state index contributed by atoms with van der Waals surface area (Å²) in [4.78, 5) is 14.5. The SMILES string of the molecule is CCCN(C(=O)CCCOc1ccc(Cl)cc1C)c1cccc(C)c1. The molecule has 0 spiro atoms. The van der Waals surface area contributed by atoms with Crippen molar-refractivity contribution in [3.05, 3.63) is 58.6 Å². The van der Waals surface area contributed by atoms with Gasteiger partial charge in [0.15, 0.2) is 0 Å². The average Bonchev–Trinajstić information content (AvgIpc) is 2.58. The molecule has 134 valence electrons. The summed E-state index contributed by atoms with van der Waals surface area (Å²) in [6.45, 7) is 7.34.